The summed E-state index contributed by atoms with van der Waals surface area (Å²) in [4.78, 5) is 0. The van der Waals surface area contributed by atoms with Gasteiger partial charge in [0.05, 0.1) is 5.56 Å². The Bertz CT molecular complexity index is 447. The highest BCUT2D eigenvalue weighted by molar-refractivity contribution is 5.37. The van der Waals surface area contributed by atoms with Gasteiger partial charge in [-0.2, -0.15) is 13.2 Å². The summed E-state index contributed by atoms with van der Waals surface area (Å²) in [5.74, 6) is 0.478. The van der Waals surface area contributed by atoms with E-state index in [1.54, 1.807) is 6.07 Å². The predicted molar refractivity (Wildman–Crippen MR) is 63.4 cm³/mol. The van der Waals surface area contributed by atoms with Crippen molar-refractivity contribution in [2.75, 3.05) is 6.54 Å². The molecular formula is C14H16F3N. The Morgan fingerprint density at radius 1 is 1.11 bits per heavy atom. The highest BCUT2D eigenvalue weighted by Gasteiger charge is 2.34. The topological polar surface area (TPSA) is 12.0 Å². The summed E-state index contributed by atoms with van der Waals surface area (Å²) in [5.41, 5.74) is 1.48. The lowest BCUT2D eigenvalue weighted by Crippen LogP contribution is -2.30. The van der Waals surface area contributed by atoms with Crippen LogP contribution in [0, 0.1) is 5.92 Å². The van der Waals surface area contributed by atoms with Gasteiger partial charge < -0.3 is 5.32 Å². The van der Waals surface area contributed by atoms with Crippen LogP contribution in [-0.2, 0) is 19.0 Å². The molecule has 1 N–H and O–H groups in total. The zero-order chi connectivity index (χ0) is 12.8. The molecule has 2 aliphatic rings. The highest BCUT2D eigenvalue weighted by Crippen LogP contribution is 2.36. The minimum atomic E-state index is -4.22. The molecule has 1 aliphatic carbocycles. The van der Waals surface area contributed by atoms with Gasteiger partial charge in [-0.25, -0.2) is 0 Å². The number of halogens is 3. The molecule has 1 aliphatic heterocycles. The second-order valence-electron chi connectivity index (χ2n) is 5.35. The molecule has 0 saturated carbocycles. The molecule has 1 heterocycles. The fourth-order valence-corrected chi connectivity index (χ4v) is 3.23. The Morgan fingerprint density at radius 3 is 2.56 bits per heavy atom. The van der Waals surface area contributed by atoms with Gasteiger partial charge >= 0.3 is 6.18 Å². The van der Waals surface area contributed by atoms with Crippen molar-refractivity contribution >= 4 is 0 Å². The summed E-state index contributed by atoms with van der Waals surface area (Å²) >= 11 is 0. The molecule has 1 aromatic rings. The van der Waals surface area contributed by atoms with E-state index in [2.05, 4.69) is 5.32 Å². The van der Waals surface area contributed by atoms with Crippen molar-refractivity contribution in [3.05, 3.63) is 34.9 Å². The molecule has 1 fully saturated rings. The number of alkyl halides is 3. The fraction of sp³-hybridized carbons (Fsp3) is 0.571. The molecule has 0 bridgehead atoms. The summed E-state index contributed by atoms with van der Waals surface area (Å²) < 4.78 is 37.9. The van der Waals surface area contributed by atoms with Gasteiger partial charge in [-0.15, -0.1) is 0 Å². The normalized spacial score (nSPS) is 27.5. The van der Waals surface area contributed by atoms with Crippen LogP contribution in [0.5, 0.6) is 0 Å². The third-order valence-corrected chi connectivity index (χ3v) is 4.17. The van der Waals surface area contributed by atoms with Gasteiger partial charge in [0.25, 0.3) is 0 Å². The molecule has 2 atom stereocenters. The van der Waals surface area contributed by atoms with Crippen LogP contribution < -0.4 is 5.32 Å². The van der Waals surface area contributed by atoms with Gasteiger partial charge in [0.1, 0.15) is 0 Å². The smallest absolute Gasteiger partial charge is 0.314 e. The summed E-state index contributed by atoms with van der Waals surface area (Å²) in [6.45, 7) is 1.05. The first-order chi connectivity index (χ1) is 8.54. The first kappa shape index (κ1) is 12.0. The molecular weight excluding hydrogens is 239 g/mol. The Balaban J connectivity index is 1.80. The van der Waals surface area contributed by atoms with Crippen molar-refractivity contribution in [1.82, 2.24) is 5.32 Å². The second kappa shape index (κ2) is 4.26. The van der Waals surface area contributed by atoms with Crippen LogP contribution in [0.4, 0.5) is 13.2 Å². The zero-order valence-corrected chi connectivity index (χ0v) is 10.1. The van der Waals surface area contributed by atoms with E-state index in [1.165, 1.54) is 18.6 Å². The number of rotatable bonds is 1. The van der Waals surface area contributed by atoms with Gasteiger partial charge in [-0.05, 0) is 61.4 Å². The van der Waals surface area contributed by atoms with E-state index in [0.29, 0.717) is 12.0 Å². The van der Waals surface area contributed by atoms with Crippen molar-refractivity contribution in [3.8, 4) is 0 Å². The maximum Gasteiger partial charge on any atom is 0.416 e. The van der Waals surface area contributed by atoms with E-state index < -0.39 is 11.7 Å². The Morgan fingerprint density at radius 2 is 1.89 bits per heavy atom. The molecule has 0 spiro atoms. The van der Waals surface area contributed by atoms with E-state index in [4.69, 9.17) is 0 Å². The SMILES string of the molecule is FC(F)(F)c1ccc2c(c1)CC(C1CCCN1)C2. The minimum absolute atomic E-state index is 0.478. The molecule has 3 rings (SSSR count). The third kappa shape index (κ3) is 2.14. The molecule has 18 heavy (non-hydrogen) atoms. The standard InChI is InChI=1S/C14H16F3N/c15-14(16,17)12-4-3-9-6-11(7-10(9)8-12)13-2-1-5-18-13/h3-4,8,11,13,18H,1-2,5-7H2. The first-order valence-corrected chi connectivity index (χ1v) is 6.46. The van der Waals surface area contributed by atoms with E-state index >= 15 is 0 Å². The van der Waals surface area contributed by atoms with E-state index in [1.807, 2.05) is 0 Å². The second-order valence-corrected chi connectivity index (χ2v) is 5.35. The fourth-order valence-electron chi connectivity index (χ4n) is 3.23. The lowest BCUT2D eigenvalue weighted by atomic mass is 9.95. The van der Waals surface area contributed by atoms with Crippen molar-refractivity contribution in [2.24, 2.45) is 5.92 Å². The Kier molecular flexibility index (Phi) is 2.85. The monoisotopic (exact) mass is 255 g/mol. The molecule has 4 heteroatoms. The summed E-state index contributed by atoms with van der Waals surface area (Å²) in [7, 11) is 0. The Hall–Kier alpha value is -1.03. The molecule has 1 nitrogen and oxygen atoms in total. The van der Waals surface area contributed by atoms with Crippen LogP contribution in [0.25, 0.3) is 0 Å². The van der Waals surface area contributed by atoms with E-state index in [0.717, 1.165) is 36.9 Å². The summed E-state index contributed by atoms with van der Waals surface area (Å²) in [6.07, 6.45) is -0.170. The van der Waals surface area contributed by atoms with Crippen LogP contribution >= 0.6 is 0 Å². The van der Waals surface area contributed by atoms with Crippen molar-refractivity contribution in [3.63, 3.8) is 0 Å². The lowest BCUT2D eigenvalue weighted by molar-refractivity contribution is -0.137. The number of benzene rings is 1. The van der Waals surface area contributed by atoms with Crippen LogP contribution in [0.1, 0.15) is 29.5 Å². The average molecular weight is 255 g/mol. The van der Waals surface area contributed by atoms with Crippen molar-refractivity contribution < 1.29 is 13.2 Å². The van der Waals surface area contributed by atoms with Gasteiger partial charge in [0.15, 0.2) is 0 Å². The summed E-state index contributed by atoms with van der Waals surface area (Å²) in [6, 6.07) is 4.70. The largest absolute Gasteiger partial charge is 0.416 e. The maximum atomic E-state index is 12.6. The predicted octanol–water partition coefficient (Wildman–Crippen LogP) is 3.17. The van der Waals surface area contributed by atoms with Gasteiger partial charge in [0, 0.05) is 6.04 Å². The van der Waals surface area contributed by atoms with Crippen LogP contribution in [0.2, 0.25) is 0 Å². The highest BCUT2D eigenvalue weighted by atomic mass is 19.4. The average Bonchev–Trinajstić information content (AvgIpc) is 2.95. The summed E-state index contributed by atoms with van der Waals surface area (Å²) in [5, 5.41) is 3.46. The van der Waals surface area contributed by atoms with Crippen molar-refractivity contribution in [1.29, 1.82) is 0 Å². The molecule has 1 aromatic carbocycles. The molecule has 1 saturated heterocycles. The number of hydrogen-bond acceptors (Lipinski definition) is 1. The molecule has 0 aromatic heterocycles. The van der Waals surface area contributed by atoms with E-state index in [9.17, 15) is 13.2 Å². The van der Waals surface area contributed by atoms with E-state index in [-0.39, 0.29) is 0 Å². The van der Waals surface area contributed by atoms with Crippen LogP contribution in [-0.4, -0.2) is 12.6 Å². The van der Waals surface area contributed by atoms with Crippen LogP contribution in [0.3, 0.4) is 0 Å². The van der Waals surface area contributed by atoms with Gasteiger partial charge in [0.2, 0.25) is 0 Å². The number of hydrogen-bond donors (Lipinski definition) is 1. The van der Waals surface area contributed by atoms with Crippen LogP contribution in [0.15, 0.2) is 18.2 Å². The quantitative estimate of drug-likeness (QED) is 0.812. The number of fused-ring (bicyclic) bond motifs is 1. The molecule has 98 valence electrons. The Labute approximate surface area is 104 Å². The van der Waals surface area contributed by atoms with Gasteiger partial charge in [-0.3, -0.25) is 0 Å². The van der Waals surface area contributed by atoms with Gasteiger partial charge in [-0.1, -0.05) is 6.07 Å². The number of nitrogens with one attached hydrogen (secondary N) is 1. The lowest BCUT2D eigenvalue weighted by Gasteiger charge is -2.17. The third-order valence-electron chi connectivity index (χ3n) is 4.17. The first-order valence-electron chi connectivity index (χ1n) is 6.46. The maximum absolute atomic E-state index is 12.6. The molecule has 0 amide bonds. The molecule has 2 unspecified atom stereocenters. The zero-order valence-electron chi connectivity index (χ0n) is 10.1. The minimum Gasteiger partial charge on any atom is -0.314 e. The molecule has 0 radical (unpaired) electrons. The van der Waals surface area contributed by atoms with Crippen molar-refractivity contribution in [2.45, 2.75) is 37.9 Å².